The highest BCUT2D eigenvalue weighted by molar-refractivity contribution is 9.10. The van der Waals surface area contributed by atoms with Gasteiger partial charge in [0.25, 0.3) is 6.43 Å². The first-order valence-electron chi connectivity index (χ1n) is 3.13. The number of hydrogen-bond donors (Lipinski definition) is 0. The summed E-state index contributed by atoms with van der Waals surface area (Å²) in [6.07, 6.45) is -1.08. The van der Waals surface area contributed by atoms with Crippen molar-refractivity contribution in [3.63, 3.8) is 0 Å². The zero-order chi connectivity index (χ0) is 9.14. The van der Waals surface area contributed by atoms with Crippen molar-refractivity contribution in [2.45, 2.75) is 11.8 Å². The summed E-state index contributed by atoms with van der Waals surface area (Å²) in [5.74, 6) is 0. The van der Waals surface area contributed by atoms with Crippen LogP contribution in [-0.2, 0) is 5.33 Å². The summed E-state index contributed by atoms with van der Waals surface area (Å²) < 4.78 is 24.8. The smallest absolute Gasteiger partial charge is 0.255 e. The number of nitrogens with zero attached hydrogens (tertiary/aromatic N) is 1. The zero-order valence-corrected chi connectivity index (χ0v) is 9.07. The van der Waals surface area contributed by atoms with Crippen molar-refractivity contribution in [2.75, 3.05) is 0 Å². The summed E-state index contributed by atoms with van der Waals surface area (Å²) >= 11 is 6.38. The molecule has 0 saturated carbocycles. The minimum Gasteiger partial charge on any atom is -0.255 e. The predicted molar refractivity (Wildman–Crippen MR) is 49.5 cm³/mol. The summed E-state index contributed by atoms with van der Waals surface area (Å²) in [5.41, 5.74) is 0.658. The molecule has 0 atom stereocenters. The Kier molecular flexibility index (Phi) is 3.58. The molecule has 1 nitrogen and oxygen atoms in total. The lowest BCUT2D eigenvalue weighted by atomic mass is 10.3. The predicted octanol–water partition coefficient (Wildman–Crippen LogP) is 3.68. The highest BCUT2D eigenvalue weighted by Gasteiger charge is 2.10. The largest absolute Gasteiger partial charge is 0.280 e. The van der Waals surface area contributed by atoms with Gasteiger partial charge in [-0.3, -0.25) is 4.98 Å². The van der Waals surface area contributed by atoms with Crippen LogP contribution < -0.4 is 0 Å². The second-order valence-electron chi connectivity index (χ2n) is 2.13. The third-order valence-electron chi connectivity index (χ3n) is 1.32. The van der Waals surface area contributed by atoms with Crippen molar-refractivity contribution >= 4 is 31.9 Å². The van der Waals surface area contributed by atoms with E-state index in [4.69, 9.17) is 0 Å². The maximum absolute atomic E-state index is 12.1. The van der Waals surface area contributed by atoms with E-state index in [1.807, 2.05) is 0 Å². The molecule has 1 aromatic rings. The molecule has 0 fully saturated rings. The second-order valence-corrected chi connectivity index (χ2v) is 3.55. The van der Waals surface area contributed by atoms with Gasteiger partial charge in [-0.25, -0.2) is 8.78 Å². The Morgan fingerprint density at radius 3 is 2.58 bits per heavy atom. The Balaban J connectivity index is 3.02. The van der Waals surface area contributed by atoms with Crippen molar-refractivity contribution in [3.05, 3.63) is 28.0 Å². The number of hydrogen-bond acceptors (Lipinski definition) is 1. The van der Waals surface area contributed by atoms with Crippen LogP contribution in [0.15, 0.2) is 16.7 Å². The maximum atomic E-state index is 12.1. The van der Waals surface area contributed by atoms with Crippen LogP contribution in [0.1, 0.15) is 17.7 Å². The fourth-order valence-corrected chi connectivity index (χ4v) is 1.99. The Morgan fingerprint density at radius 2 is 2.17 bits per heavy atom. The van der Waals surface area contributed by atoms with Gasteiger partial charge in [0.1, 0.15) is 5.69 Å². The van der Waals surface area contributed by atoms with Crippen molar-refractivity contribution in [2.24, 2.45) is 0 Å². The molecule has 1 aromatic heterocycles. The first-order valence-corrected chi connectivity index (χ1v) is 5.05. The number of halogens is 4. The quantitative estimate of drug-likeness (QED) is 0.759. The van der Waals surface area contributed by atoms with E-state index >= 15 is 0 Å². The highest BCUT2D eigenvalue weighted by atomic mass is 79.9. The minimum absolute atomic E-state index is 0.202. The van der Waals surface area contributed by atoms with E-state index in [1.54, 1.807) is 0 Å². The molecule has 1 rings (SSSR count). The zero-order valence-electron chi connectivity index (χ0n) is 5.90. The van der Waals surface area contributed by atoms with Gasteiger partial charge in [-0.05, 0) is 11.6 Å². The molecule has 0 aliphatic heterocycles. The summed E-state index contributed by atoms with van der Waals surface area (Å²) in [6.45, 7) is 0. The van der Waals surface area contributed by atoms with Crippen LogP contribution >= 0.6 is 31.9 Å². The van der Waals surface area contributed by atoms with E-state index in [2.05, 4.69) is 36.8 Å². The maximum Gasteiger partial charge on any atom is 0.280 e. The second kappa shape index (κ2) is 4.28. The minimum atomic E-state index is -2.51. The molecule has 0 aliphatic carbocycles. The van der Waals surface area contributed by atoms with Crippen molar-refractivity contribution in [3.8, 4) is 0 Å². The standard InChI is InChI=1S/C7H5Br2F2N/c8-2-4-3-12-6(7(10)11)1-5(4)9/h1,3,7H,2H2. The first kappa shape index (κ1) is 10.1. The van der Waals surface area contributed by atoms with Gasteiger partial charge in [-0.15, -0.1) is 0 Å². The number of pyridine rings is 1. The number of alkyl halides is 3. The molecule has 66 valence electrons. The fourth-order valence-electron chi connectivity index (χ4n) is 0.692. The molecule has 0 amide bonds. The molecule has 0 aliphatic rings. The van der Waals surface area contributed by atoms with Gasteiger partial charge in [0.2, 0.25) is 0 Å². The molecule has 1 heterocycles. The van der Waals surface area contributed by atoms with Crippen LogP contribution in [0.4, 0.5) is 8.78 Å². The molecule has 12 heavy (non-hydrogen) atoms. The summed E-state index contributed by atoms with van der Waals surface area (Å²) in [4.78, 5) is 3.60. The van der Waals surface area contributed by atoms with Crippen molar-refractivity contribution in [1.82, 2.24) is 4.98 Å². The molecule has 0 aromatic carbocycles. The number of rotatable bonds is 2. The molecular formula is C7H5Br2F2N. The fraction of sp³-hybridized carbons (Fsp3) is 0.286. The van der Waals surface area contributed by atoms with Gasteiger partial charge in [0, 0.05) is 16.0 Å². The summed E-state index contributed by atoms with van der Waals surface area (Å²) in [7, 11) is 0. The third-order valence-corrected chi connectivity index (χ3v) is 2.66. The summed E-state index contributed by atoms with van der Waals surface area (Å²) in [6, 6.07) is 1.33. The van der Waals surface area contributed by atoms with E-state index in [-0.39, 0.29) is 5.69 Å². The van der Waals surface area contributed by atoms with Crippen LogP contribution in [0.3, 0.4) is 0 Å². The van der Waals surface area contributed by atoms with E-state index in [0.717, 1.165) is 5.56 Å². The monoisotopic (exact) mass is 299 g/mol. The molecule has 0 unspecified atom stereocenters. The Bertz CT molecular complexity index is 278. The van der Waals surface area contributed by atoms with Gasteiger partial charge < -0.3 is 0 Å². The normalized spacial score (nSPS) is 10.8. The van der Waals surface area contributed by atoms with E-state index in [0.29, 0.717) is 9.80 Å². The highest BCUT2D eigenvalue weighted by Crippen LogP contribution is 2.24. The van der Waals surface area contributed by atoms with Crippen molar-refractivity contribution in [1.29, 1.82) is 0 Å². The molecular weight excluding hydrogens is 296 g/mol. The number of aromatic nitrogens is 1. The molecule has 0 radical (unpaired) electrons. The van der Waals surface area contributed by atoms with Gasteiger partial charge in [-0.1, -0.05) is 31.9 Å². The Morgan fingerprint density at radius 1 is 1.50 bits per heavy atom. The van der Waals surface area contributed by atoms with Crippen LogP contribution in [0, 0.1) is 0 Å². The molecule has 0 spiro atoms. The lowest BCUT2D eigenvalue weighted by Crippen LogP contribution is -1.92. The van der Waals surface area contributed by atoms with Gasteiger partial charge >= 0.3 is 0 Å². The molecule has 5 heteroatoms. The van der Waals surface area contributed by atoms with Crippen molar-refractivity contribution < 1.29 is 8.78 Å². The summed E-state index contributed by atoms with van der Waals surface area (Å²) in [5, 5.41) is 0.601. The van der Waals surface area contributed by atoms with Gasteiger partial charge in [-0.2, -0.15) is 0 Å². The molecule has 0 bridgehead atoms. The van der Waals surface area contributed by atoms with Gasteiger partial charge in [0.15, 0.2) is 0 Å². The van der Waals surface area contributed by atoms with E-state index in [1.165, 1.54) is 12.3 Å². The van der Waals surface area contributed by atoms with Gasteiger partial charge in [0.05, 0.1) is 0 Å². The SMILES string of the molecule is FC(F)c1cc(Br)c(CBr)cn1. The molecule has 0 saturated heterocycles. The average Bonchev–Trinajstić information content (AvgIpc) is 2.04. The van der Waals surface area contributed by atoms with E-state index in [9.17, 15) is 8.78 Å². The van der Waals surface area contributed by atoms with Crippen LogP contribution in [0.25, 0.3) is 0 Å². The molecule has 0 N–H and O–H groups in total. The average molecular weight is 301 g/mol. The Hall–Kier alpha value is -0.0300. The Labute approximate surface area is 85.4 Å². The van der Waals surface area contributed by atoms with Crippen LogP contribution in [0.5, 0.6) is 0 Å². The topological polar surface area (TPSA) is 12.9 Å². The van der Waals surface area contributed by atoms with Crippen LogP contribution in [-0.4, -0.2) is 4.98 Å². The first-order chi connectivity index (χ1) is 5.65. The van der Waals surface area contributed by atoms with E-state index < -0.39 is 6.43 Å². The lowest BCUT2D eigenvalue weighted by Gasteiger charge is -2.02. The lowest BCUT2D eigenvalue weighted by molar-refractivity contribution is 0.146. The third kappa shape index (κ3) is 2.23. The van der Waals surface area contributed by atoms with Crippen LogP contribution in [0.2, 0.25) is 0 Å².